The number of para-hydroxylation sites is 2. The van der Waals surface area contributed by atoms with Gasteiger partial charge in [-0.3, -0.25) is 19.2 Å². The zero-order chi connectivity index (χ0) is 30.0. The van der Waals surface area contributed by atoms with Gasteiger partial charge in [0.05, 0.1) is 21.3 Å². The van der Waals surface area contributed by atoms with Gasteiger partial charge in [0.25, 0.3) is 0 Å². The van der Waals surface area contributed by atoms with E-state index in [1.54, 1.807) is 19.6 Å². The van der Waals surface area contributed by atoms with Crippen LogP contribution in [0, 0.1) is 0 Å². The zero-order valence-electron chi connectivity index (χ0n) is 22.9. The molecule has 0 spiro atoms. The minimum Gasteiger partial charge on any atom is -0.342 e. The van der Waals surface area contributed by atoms with E-state index in [4.69, 9.17) is 0 Å². The van der Waals surface area contributed by atoms with Crippen molar-refractivity contribution in [2.24, 2.45) is 0 Å². The molecule has 0 radical (unpaired) electrons. The van der Waals surface area contributed by atoms with Crippen molar-refractivity contribution in [3.8, 4) is 0 Å². The highest BCUT2D eigenvalue weighted by Crippen LogP contribution is 2.16. The third kappa shape index (κ3) is 12.2. The minimum atomic E-state index is -0.0397. The molecule has 0 fully saturated rings. The number of benzene rings is 2. The van der Waals surface area contributed by atoms with Crippen molar-refractivity contribution in [1.29, 1.82) is 0 Å². The summed E-state index contributed by atoms with van der Waals surface area (Å²) >= 11 is 13.1. The second-order valence-corrected chi connectivity index (χ2v) is 11.4. The van der Waals surface area contributed by atoms with Crippen LogP contribution in [0.2, 0.25) is 0 Å². The fourth-order valence-electron chi connectivity index (χ4n) is 4.34. The van der Waals surface area contributed by atoms with Gasteiger partial charge in [-0.1, -0.05) is 100 Å². The Morgan fingerprint density at radius 2 is 0.732 bits per heavy atom. The number of carbonyl (C=O) groups excluding carboxylic acids is 4. The predicted molar refractivity (Wildman–Crippen MR) is 180 cm³/mol. The van der Waals surface area contributed by atoms with E-state index < -0.39 is 0 Å². The summed E-state index contributed by atoms with van der Waals surface area (Å²) in [5, 5.41) is 0.848. The summed E-state index contributed by atoms with van der Waals surface area (Å²) in [5.41, 5.74) is 1.64. The van der Waals surface area contributed by atoms with Crippen molar-refractivity contribution >= 4 is 98.7 Å². The van der Waals surface area contributed by atoms with Crippen LogP contribution < -0.4 is 9.80 Å². The van der Waals surface area contributed by atoms with Gasteiger partial charge in [0.15, 0.2) is 0 Å². The van der Waals surface area contributed by atoms with Crippen molar-refractivity contribution in [3.05, 3.63) is 60.7 Å². The highest BCUT2D eigenvalue weighted by molar-refractivity contribution is 9.10. The molecule has 8 nitrogen and oxygen atoms in total. The van der Waals surface area contributed by atoms with Gasteiger partial charge < -0.3 is 19.6 Å². The Balaban J connectivity index is 1.93. The average Bonchev–Trinajstić information content (AvgIpc) is 3.02. The number of alkyl halides is 4. The van der Waals surface area contributed by atoms with Crippen LogP contribution in [0.5, 0.6) is 0 Å². The van der Waals surface area contributed by atoms with Crippen LogP contribution in [-0.2, 0) is 19.2 Å². The van der Waals surface area contributed by atoms with Crippen LogP contribution in [0.25, 0.3) is 0 Å². The number of nitrogens with zero attached hydrogens (tertiary/aromatic N) is 4. The Kier molecular flexibility index (Phi) is 17.5. The molecule has 0 saturated carbocycles. The molecule has 0 aliphatic carbocycles. The molecule has 12 heteroatoms. The van der Waals surface area contributed by atoms with Gasteiger partial charge in [0, 0.05) is 50.6 Å². The number of halogens is 4. The number of hydrogen-bond donors (Lipinski definition) is 0. The van der Waals surface area contributed by atoms with Crippen LogP contribution in [0.1, 0.15) is 19.3 Å². The Bertz CT molecular complexity index is 1010. The van der Waals surface area contributed by atoms with E-state index >= 15 is 0 Å². The molecule has 0 atom stereocenters. The molecule has 0 bridgehead atoms. The lowest BCUT2D eigenvalue weighted by Gasteiger charge is -2.28. The van der Waals surface area contributed by atoms with Crippen molar-refractivity contribution in [3.63, 3.8) is 0 Å². The standard InChI is InChI=1S/C29H36Br4N4O4/c30-20-26(38)34(16-8-18-36(28(40)22-32)24-10-3-1-4-11-24)14-7-15-35(27(39)21-31)17-9-19-37(29(41)23-33)25-12-5-2-6-13-25/h1-6,10-13H,7-9,14-23H2. The molecule has 2 rings (SSSR count). The van der Waals surface area contributed by atoms with Gasteiger partial charge in [-0.15, -0.1) is 0 Å². The van der Waals surface area contributed by atoms with E-state index in [1.165, 1.54) is 0 Å². The zero-order valence-corrected chi connectivity index (χ0v) is 29.2. The van der Waals surface area contributed by atoms with Crippen molar-refractivity contribution in [2.45, 2.75) is 19.3 Å². The molecule has 0 aliphatic heterocycles. The molecular formula is C29H36Br4N4O4. The second-order valence-electron chi connectivity index (χ2n) is 9.12. The third-order valence-corrected chi connectivity index (χ3v) is 8.29. The molecule has 2 aromatic rings. The van der Waals surface area contributed by atoms with Gasteiger partial charge in [-0.25, -0.2) is 0 Å². The quantitative estimate of drug-likeness (QED) is 0.187. The van der Waals surface area contributed by atoms with Crippen molar-refractivity contribution in [2.75, 3.05) is 70.4 Å². The summed E-state index contributed by atoms with van der Waals surface area (Å²) in [4.78, 5) is 57.3. The fraction of sp³-hybridized carbons (Fsp3) is 0.448. The van der Waals surface area contributed by atoms with Gasteiger partial charge >= 0.3 is 0 Å². The monoisotopic (exact) mass is 820 g/mol. The Labute approximate surface area is 276 Å². The van der Waals surface area contributed by atoms with Gasteiger partial charge in [0.1, 0.15) is 0 Å². The smallest absolute Gasteiger partial charge is 0.237 e. The molecule has 41 heavy (non-hydrogen) atoms. The van der Waals surface area contributed by atoms with E-state index in [2.05, 4.69) is 63.7 Å². The fourth-order valence-corrected chi connectivity index (χ4v) is 5.65. The van der Waals surface area contributed by atoms with E-state index in [9.17, 15) is 19.2 Å². The van der Waals surface area contributed by atoms with Gasteiger partial charge in [0.2, 0.25) is 23.6 Å². The molecule has 4 amide bonds. The van der Waals surface area contributed by atoms with Gasteiger partial charge in [-0.05, 0) is 43.5 Å². The first-order chi connectivity index (χ1) is 19.9. The van der Waals surface area contributed by atoms with Gasteiger partial charge in [-0.2, -0.15) is 0 Å². The first-order valence-electron chi connectivity index (χ1n) is 13.4. The average molecular weight is 824 g/mol. The van der Waals surface area contributed by atoms with E-state index in [1.807, 2.05) is 60.7 Å². The Morgan fingerprint density at radius 1 is 0.439 bits per heavy atom. The molecule has 224 valence electrons. The topological polar surface area (TPSA) is 81.2 Å². The van der Waals surface area contributed by atoms with Crippen LogP contribution in [0.4, 0.5) is 11.4 Å². The summed E-state index contributed by atoms with van der Waals surface area (Å²) in [6.45, 7) is 2.95. The lowest BCUT2D eigenvalue weighted by Crippen LogP contribution is -2.40. The van der Waals surface area contributed by atoms with E-state index in [0.717, 1.165) is 11.4 Å². The van der Waals surface area contributed by atoms with E-state index in [-0.39, 0.29) is 44.9 Å². The third-order valence-electron chi connectivity index (χ3n) is 6.38. The molecule has 0 aromatic heterocycles. The second kappa shape index (κ2) is 20.2. The lowest BCUT2D eigenvalue weighted by molar-refractivity contribution is -0.129. The SMILES string of the molecule is O=C(CBr)N(CCCN(CCCN(C(=O)CBr)c1ccccc1)C(=O)CBr)CCCN(C(=O)CBr)c1ccccc1. The van der Waals surface area contributed by atoms with E-state index in [0.29, 0.717) is 58.5 Å². The van der Waals surface area contributed by atoms with Crippen LogP contribution >= 0.6 is 63.7 Å². The summed E-state index contributed by atoms with van der Waals surface area (Å²) in [5.74, 6) is -0.147. The summed E-state index contributed by atoms with van der Waals surface area (Å²) < 4.78 is 0. The Hall–Kier alpha value is -1.76. The highest BCUT2D eigenvalue weighted by Gasteiger charge is 2.19. The number of amides is 4. The summed E-state index contributed by atoms with van der Waals surface area (Å²) in [6, 6.07) is 19.0. The minimum absolute atomic E-state index is 0.0340. The molecule has 2 aromatic carbocycles. The van der Waals surface area contributed by atoms with Crippen LogP contribution in [0.15, 0.2) is 60.7 Å². The number of anilines is 2. The number of rotatable bonds is 18. The van der Waals surface area contributed by atoms with Crippen molar-refractivity contribution in [1.82, 2.24) is 9.80 Å². The highest BCUT2D eigenvalue weighted by atomic mass is 79.9. The van der Waals surface area contributed by atoms with Crippen LogP contribution in [-0.4, -0.2) is 94.0 Å². The summed E-state index contributed by atoms with van der Waals surface area (Å²) in [6.07, 6.45) is 1.85. The maximum Gasteiger partial charge on any atom is 0.237 e. The molecule has 0 aliphatic rings. The van der Waals surface area contributed by atoms with Crippen LogP contribution in [0.3, 0.4) is 0 Å². The normalized spacial score (nSPS) is 10.6. The maximum atomic E-state index is 12.6. The molecule has 0 heterocycles. The first-order valence-corrected chi connectivity index (χ1v) is 17.8. The Morgan fingerprint density at radius 3 is 1.02 bits per heavy atom. The molecule has 0 N–H and O–H groups in total. The van der Waals surface area contributed by atoms with Crippen molar-refractivity contribution < 1.29 is 19.2 Å². The molecule has 0 saturated heterocycles. The lowest BCUT2D eigenvalue weighted by atomic mass is 10.2. The number of carbonyl (C=O) groups is 4. The molecular weight excluding hydrogens is 788 g/mol. The number of hydrogen-bond acceptors (Lipinski definition) is 4. The largest absolute Gasteiger partial charge is 0.342 e. The summed E-state index contributed by atoms with van der Waals surface area (Å²) in [7, 11) is 0. The first kappa shape index (κ1) is 35.4. The maximum absolute atomic E-state index is 12.6. The predicted octanol–water partition coefficient (Wildman–Crippen LogP) is 5.46. The molecule has 0 unspecified atom stereocenters.